The van der Waals surface area contributed by atoms with E-state index >= 15 is 0 Å². The van der Waals surface area contributed by atoms with Crippen molar-refractivity contribution in [3.63, 3.8) is 0 Å². The summed E-state index contributed by atoms with van der Waals surface area (Å²) in [4.78, 5) is 3.97. The average Bonchev–Trinajstić information content (AvgIpc) is 2.48. The highest BCUT2D eigenvalue weighted by atomic mass is 35.5. The summed E-state index contributed by atoms with van der Waals surface area (Å²) in [5, 5.41) is 7.00. The van der Waals surface area contributed by atoms with E-state index < -0.39 is 0 Å². The van der Waals surface area contributed by atoms with Crippen LogP contribution >= 0.6 is 23.8 Å². The summed E-state index contributed by atoms with van der Waals surface area (Å²) < 4.78 is 5.11. The van der Waals surface area contributed by atoms with E-state index in [4.69, 9.17) is 28.6 Å². The molecule has 0 aliphatic heterocycles. The third kappa shape index (κ3) is 4.08. The minimum atomic E-state index is 0.390. The van der Waals surface area contributed by atoms with Crippen molar-refractivity contribution in [1.29, 1.82) is 0 Å². The van der Waals surface area contributed by atoms with E-state index in [1.54, 1.807) is 19.4 Å². The maximum atomic E-state index is 5.94. The number of ether oxygens (including phenoxy) is 1. The minimum Gasteiger partial charge on any atom is -0.497 e. The van der Waals surface area contributed by atoms with Crippen LogP contribution in [-0.2, 0) is 6.54 Å². The first kappa shape index (κ1) is 14.6. The number of methoxy groups -OCH3 is 1. The van der Waals surface area contributed by atoms with Crippen molar-refractivity contribution >= 4 is 34.6 Å². The van der Waals surface area contributed by atoms with E-state index in [-0.39, 0.29) is 0 Å². The highest BCUT2D eigenvalue weighted by Gasteiger charge is 2.02. The normalized spacial score (nSPS) is 9.90. The summed E-state index contributed by atoms with van der Waals surface area (Å²) in [7, 11) is 1.64. The molecule has 6 heteroatoms. The number of rotatable bonds is 4. The first-order chi connectivity index (χ1) is 9.69. The van der Waals surface area contributed by atoms with Crippen LogP contribution in [0, 0.1) is 0 Å². The number of nitrogens with zero attached hydrogens (tertiary/aromatic N) is 1. The lowest BCUT2D eigenvalue weighted by atomic mass is 10.2. The van der Waals surface area contributed by atoms with Gasteiger partial charge in [-0.3, -0.25) is 0 Å². The van der Waals surface area contributed by atoms with Gasteiger partial charge >= 0.3 is 0 Å². The van der Waals surface area contributed by atoms with Gasteiger partial charge in [0.2, 0.25) is 0 Å². The molecule has 1 aromatic heterocycles. The standard InChI is InChI=1S/C14H14ClN3OS/c1-19-11-6-4-10(5-7-11)9-17-14(20)18-12-3-2-8-16-13(12)15/h2-8H,9H2,1H3,(H2,17,18,20). The molecule has 0 bridgehead atoms. The van der Waals surface area contributed by atoms with E-state index in [0.717, 1.165) is 11.3 Å². The fourth-order valence-corrected chi connectivity index (χ4v) is 1.92. The summed E-state index contributed by atoms with van der Waals surface area (Å²) >= 11 is 11.2. The number of hydrogen-bond acceptors (Lipinski definition) is 3. The molecule has 0 radical (unpaired) electrons. The van der Waals surface area contributed by atoms with Gasteiger partial charge in [0.1, 0.15) is 5.75 Å². The number of nitrogens with one attached hydrogen (secondary N) is 2. The molecular formula is C14H14ClN3OS. The Labute approximate surface area is 128 Å². The maximum absolute atomic E-state index is 5.94. The molecule has 1 aromatic carbocycles. The second kappa shape index (κ2) is 7.07. The minimum absolute atomic E-state index is 0.390. The van der Waals surface area contributed by atoms with Crippen molar-refractivity contribution < 1.29 is 4.74 Å². The Kier molecular flexibility index (Phi) is 5.15. The highest BCUT2D eigenvalue weighted by molar-refractivity contribution is 7.80. The average molecular weight is 308 g/mol. The predicted octanol–water partition coefficient (Wildman–Crippen LogP) is 3.23. The van der Waals surface area contributed by atoms with Crippen LogP contribution in [-0.4, -0.2) is 17.2 Å². The summed E-state index contributed by atoms with van der Waals surface area (Å²) in [6.45, 7) is 0.619. The molecule has 2 rings (SSSR count). The first-order valence-electron chi connectivity index (χ1n) is 5.97. The van der Waals surface area contributed by atoms with E-state index in [9.17, 15) is 0 Å². The fraction of sp³-hybridized carbons (Fsp3) is 0.143. The number of thiocarbonyl (C=S) groups is 1. The number of hydrogen-bond donors (Lipinski definition) is 2. The van der Waals surface area contributed by atoms with Gasteiger partial charge in [-0.05, 0) is 42.0 Å². The van der Waals surface area contributed by atoms with Crippen LogP contribution < -0.4 is 15.4 Å². The van der Waals surface area contributed by atoms with Crippen molar-refractivity contribution in [3.05, 3.63) is 53.3 Å². The Morgan fingerprint density at radius 3 is 2.70 bits per heavy atom. The smallest absolute Gasteiger partial charge is 0.171 e. The topological polar surface area (TPSA) is 46.2 Å². The molecule has 0 unspecified atom stereocenters. The lowest BCUT2D eigenvalue weighted by molar-refractivity contribution is 0.414. The van der Waals surface area contributed by atoms with Crippen molar-refractivity contribution in [2.75, 3.05) is 12.4 Å². The van der Waals surface area contributed by atoms with Gasteiger partial charge in [-0.15, -0.1) is 0 Å². The summed E-state index contributed by atoms with van der Waals surface area (Å²) in [5.41, 5.74) is 1.79. The van der Waals surface area contributed by atoms with E-state index in [1.165, 1.54) is 0 Å². The monoisotopic (exact) mass is 307 g/mol. The zero-order chi connectivity index (χ0) is 14.4. The molecule has 0 spiro atoms. The molecule has 0 amide bonds. The third-order valence-corrected chi connectivity index (χ3v) is 3.17. The molecule has 2 N–H and O–H groups in total. The number of pyridine rings is 1. The zero-order valence-electron chi connectivity index (χ0n) is 10.9. The second-order valence-corrected chi connectivity index (χ2v) is 4.76. The molecular weight excluding hydrogens is 294 g/mol. The van der Waals surface area contributed by atoms with Gasteiger partial charge < -0.3 is 15.4 Å². The molecule has 1 heterocycles. The molecule has 0 aliphatic carbocycles. The summed E-state index contributed by atoms with van der Waals surface area (Å²) in [5.74, 6) is 0.830. The van der Waals surface area contributed by atoms with E-state index in [1.807, 2.05) is 30.3 Å². The molecule has 20 heavy (non-hydrogen) atoms. The van der Waals surface area contributed by atoms with Crippen LogP contribution in [0.2, 0.25) is 5.15 Å². The van der Waals surface area contributed by atoms with Crippen LogP contribution in [0.25, 0.3) is 0 Å². The zero-order valence-corrected chi connectivity index (χ0v) is 12.5. The predicted molar refractivity (Wildman–Crippen MR) is 85.3 cm³/mol. The highest BCUT2D eigenvalue weighted by Crippen LogP contribution is 2.17. The van der Waals surface area contributed by atoms with Gasteiger partial charge in [-0.25, -0.2) is 4.98 Å². The maximum Gasteiger partial charge on any atom is 0.171 e. The largest absolute Gasteiger partial charge is 0.497 e. The van der Waals surface area contributed by atoms with Crippen molar-refractivity contribution in [2.24, 2.45) is 0 Å². The molecule has 0 saturated heterocycles. The number of halogens is 1. The molecule has 2 aromatic rings. The Balaban J connectivity index is 1.87. The van der Waals surface area contributed by atoms with Gasteiger partial charge in [0, 0.05) is 12.7 Å². The summed E-state index contributed by atoms with van der Waals surface area (Å²) in [6, 6.07) is 11.4. The first-order valence-corrected chi connectivity index (χ1v) is 6.76. The molecule has 4 nitrogen and oxygen atoms in total. The van der Waals surface area contributed by atoms with Gasteiger partial charge in [-0.2, -0.15) is 0 Å². The molecule has 0 saturated carbocycles. The number of anilines is 1. The third-order valence-electron chi connectivity index (χ3n) is 2.62. The fourth-order valence-electron chi connectivity index (χ4n) is 1.57. The van der Waals surface area contributed by atoms with Crippen LogP contribution in [0.3, 0.4) is 0 Å². The van der Waals surface area contributed by atoms with Crippen molar-refractivity contribution in [2.45, 2.75) is 6.54 Å². The van der Waals surface area contributed by atoms with Crippen molar-refractivity contribution in [3.8, 4) is 5.75 Å². The second-order valence-electron chi connectivity index (χ2n) is 4.00. The Morgan fingerprint density at radius 1 is 1.30 bits per heavy atom. The van der Waals surface area contributed by atoms with Crippen LogP contribution in [0.5, 0.6) is 5.75 Å². The quantitative estimate of drug-likeness (QED) is 0.671. The molecule has 0 atom stereocenters. The van der Waals surface area contributed by atoms with E-state index in [2.05, 4.69) is 15.6 Å². The summed E-state index contributed by atoms with van der Waals surface area (Å²) in [6.07, 6.45) is 1.63. The molecule has 104 valence electrons. The van der Waals surface area contributed by atoms with Gasteiger partial charge in [0.25, 0.3) is 0 Å². The lowest BCUT2D eigenvalue weighted by Gasteiger charge is -2.11. The van der Waals surface area contributed by atoms with Gasteiger partial charge in [0.15, 0.2) is 10.3 Å². The number of aromatic nitrogens is 1. The van der Waals surface area contributed by atoms with E-state index in [0.29, 0.717) is 22.5 Å². The van der Waals surface area contributed by atoms with Gasteiger partial charge in [-0.1, -0.05) is 23.7 Å². The Hall–Kier alpha value is -1.85. The van der Waals surface area contributed by atoms with Crippen LogP contribution in [0.4, 0.5) is 5.69 Å². The Bertz CT molecular complexity index is 589. The van der Waals surface area contributed by atoms with Gasteiger partial charge in [0.05, 0.1) is 12.8 Å². The van der Waals surface area contributed by atoms with Crippen LogP contribution in [0.15, 0.2) is 42.6 Å². The molecule has 0 aliphatic rings. The lowest BCUT2D eigenvalue weighted by Crippen LogP contribution is -2.28. The van der Waals surface area contributed by atoms with Crippen LogP contribution in [0.1, 0.15) is 5.56 Å². The molecule has 0 fully saturated rings. The van der Waals surface area contributed by atoms with Crippen molar-refractivity contribution in [1.82, 2.24) is 10.3 Å². The SMILES string of the molecule is COc1ccc(CNC(=S)Nc2cccnc2Cl)cc1. The Morgan fingerprint density at radius 2 is 2.05 bits per heavy atom. The number of benzene rings is 1.